The Labute approximate surface area is 286 Å². The number of carboxylic acid groups (broad SMARTS) is 1. The van der Waals surface area contributed by atoms with E-state index in [1.54, 1.807) is 0 Å². The Morgan fingerprint density at radius 3 is 2.46 bits per heavy atom. The van der Waals surface area contributed by atoms with E-state index in [1.165, 1.54) is 5.57 Å². The van der Waals surface area contributed by atoms with Crippen molar-refractivity contribution in [3.8, 4) is 12.3 Å². The molecule has 2 amide bonds. The molecule has 10 nitrogen and oxygen atoms in total. The molecule has 0 unspecified atom stereocenters. The number of nitrogens with one attached hydrogen (secondary N) is 2. The molecular formula is C38H57N3O7. The van der Waals surface area contributed by atoms with Crippen LogP contribution in [0.1, 0.15) is 112 Å². The van der Waals surface area contributed by atoms with E-state index in [0.717, 1.165) is 50.7 Å². The molecule has 0 spiro atoms. The first-order valence-corrected chi connectivity index (χ1v) is 18.1. The Balaban J connectivity index is 1.17. The fraction of sp³-hybridized carbons (Fsp3) is 0.789. The summed E-state index contributed by atoms with van der Waals surface area (Å²) < 4.78 is 5.80. The van der Waals surface area contributed by atoms with E-state index < -0.39 is 41.1 Å². The minimum Gasteiger partial charge on any atom is -0.481 e. The zero-order chi connectivity index (χ0) is 35.1. The van der Waals surface area contributed by atoms with Gasteiger partial charge in [-0.15, -0.1) is 6.42 Å². The molecule has 0 bridgehead atoms. The molecule has 4 fully saturated rings. The number of amides is 2. The van der Waals surface area contributed by atoms with Crippen LogP contribution in [-0.2, 0) is 24.0 Å². The Morgan fingerprint density at radius 2 is 1.79 bits per heavy atom. The number of oxime groups is 1. The minimum absolute atomic E-state index is 0.0486. The summed E-state index contributed by atoms with van der Waals surface area (Å²) >= 11 is 0. The Hall–Kier alpha value is -2.90. The van der Waals surface area contributed by atoms with Crippen LogP contribution in [0.5, 0.6) is 0 Å². The van der Waals surface area contributed by atoms with Gasteiger partial charge in [-0.25, -0.2) is 0 Å². The van der Waals surface area contributed by atoms with Gasteiger partial charge < -0.3 is 30.4 Å². The van der Waals surface area contributed by atoms with E-state index in [4.69, 9.17) is 16.0 Å². The number of fused-ring (bicyclic) bond motifs is 5. The van der Waals surface area contributed by atoms with Gasteiger partial charge in [0.1, 0.15) is 11.6 Å². The van der Waals surface area contributed by atoms with Crippen molar-refractivity contribution < 1.29 is 34.2 Å². The molecule has 10 heteroatoms. The van der Waals surface area contributed by atoms with Crippen molar-refractivity contribution in [1.29, 1.82) is 0 Å². The fourth-order valence-electron chi connectivity index (χ4n) is 10.2. The third-order valence-electron chi connectivity index (χ3n) is 13.0. The van der Waals surface area contributed by atoms with E-state index in [2.05, 4.69) is 41.6 Å². The average Bonchev–Trinajstić information content (AvgIpc) is 3.29. The third-order valence-corrected chi connectivity index (χ3v) is 13.0. The van der Waals surface area contributed by atoms with Crippen molar-refractivity contribution in [2.45, 2.75) is 135 Å². The summed E-state index contributed by atoms with van der Waals surface area (Å²) in [6, 6.07) is -1.42. The van der Waals surface area contributed by atoms with Crippen LogP contribution in [0, 0.1) is 52.8 Å². The van der Waals surface area contributed by atoms with Crippen LogP contribution in [0.4, 0.5) is 0 Å². The van der Waals surface area contributed by atoms with Crippen LogP contribution in [0.15, 0.2) is 16.8 Å². The number of hydrogen-bond donors (Lipinski definition) is 4. The molecular weight excluding hydrogens is 610 g/mol. The molecule has 5 aliphatic rings. The Bertz CT molecular complexity index is 1370. The topological polar surface area (TPSA) is 147 Å². The van der Waals surface area contributed by atoms with E-state index >= 15 is 0 Å². The standard InChI is InChI=1S/C38H57N3O7/c1-8-38(46)17-13-29-27-10-9-25-19-26(11-15-36(25,6)28(27)12-16-37(29,38)7)41-48-22-31(42)40-33(23(2)3)34(45)39-30(20-32(43)44)24-14-18-47-35(4,5)21-24/h1,19,23-24,27-30,33,46H,9-18,20-22H2,2-7H3,(H,39,45)(H,40,42)(H,43,44)/b41-26-/t24-,27-,28-,29-,30+,33-,36+,37+,38-/m1/s1. The molecule has 266 valence electrons. The maximum absolute atomic E-state index is 13.4. The van der Waals surface area contributed by atoms with E-state index in [9.17, 15) is 24.6 Å². The van der Waals surface area contributed by atoms with Gasteiger partial charge >= 0.3 is 5.97 Å². The highest BCUT2D eigenvalue weighted by Crippen LogP contribution is 2.67. The van der Waals surface area contributed by atoms with Crippen LogP contribution < -0.4 is 10.6 Å². The van der Waals surface area contributed by atoms with Crippen LogP contribution in [0.25, 0.3) is 0 Å². The summed E-state index contributed by atoms with van der Waals surface area (Å²) in [5.74, 6) is 2.19. The number of aliphatic hydroxyl groups is 1. The van der Waals surface area contributed by atoms with Crippen molar-refractivity contribution in [2.24, 2.45) is 45.6 Å². The molecule has 0 radical (unpaired) electrons. The number of carbonyl (C=O) groups is 3. The number of aliphatic carboxylic acids is 1. The van der Waals surface area contributed by atoms with E-state index in [0.29, 0.717) is 43.6 Å². The van der Waals surface area contributed by atoms with Gasteiger partial charge in [-0.2, -0.15) is 0 Å². The van der Waals surface area contributed by atoms with Gasteiger partial charge in [0.15, 0.2) is 6.61 Å². The van der Waals surface area contributed by atoms with Crippen molar-refractivity contribution >= 4 is 23.5 Å². The normalized spacial score (nSPS) is 37.6. The number of ether oxygens (including phenoxy) is 1. The summed E-state index contributed by atoms with van der Waals surface area (Å²) in [6.07, 6.45) is 16.6. The van der Waals surface area contributed by atoms with Gasteiger partial charge in [0.2, 0.25) is 5.91 Å². The minimum atomic E-state index is -1.00. The van der Waals surface area contributed by atoms with Crippen molar-refractivity contribution in [3.63, 3.8) is 0 Å². The highest BCUT2D eigenvalue weighted by molar-refractivity contribution is 5.96. The second-order valence-corrected chi connectivity index (χ2v) is 16.7. The quantitative estimate of drug-likeness (QED) is 0.190. The van der Waals surface area contributed by atoms with Gasteiger partial charge in [0.25, 0.3) is 5.91 Å². The van der Waals surface area contributed by atoms with Crippen LogP contribution in [-0.4, -0.2) is 70.2 Å². The number of carboxylic acids is 1. The summed E-state index contributed by atoms with van der Waals surface area (Å²) in [4.78, 5) is 43.5. The molecule has 4 aliphatic carbocycles. The van der Waals surface area contributed by atoms with Gasteiger partial charge in [-0.3, -0.25) is 14.4 Å². The summed E-state index contributed by atoms with van der Waals surface area (Å²) in [7, 11) is 0. The van der Waals surface area contributed by atoms with E-state index in [1.807, 2.05) is 27.7 Å². The van der Waals surface area contributed by atoms with Crippen molar-refractivity contribution in [3.05, 3.63) is 11.6 Å². The van der Waals surface area contributed by atoms with Crippen LogP contribution in [0.2, 0.25) is 0 Å². The number of hydrogen-bond acceptors (Lipinski definition) is 7. The van der Waals surface area contributed by atoms with Crippen LogP contribution >= 0.6 is 0 Å². The molecule has 1 heterocycles. The zero-order valence-electron chi connectivity index (χ0n) is 29.8. The molecule has 1 saturated heterocycles. The third kappa shape index (κ3) is 7.05. The lowest BCUT2D eigenvalue weighted by atomic mass is 9.46. The van der Waals surface area contributed by atoms with E-state index in [-0.39, 0.29) is 35.7 Å². The summed E-state index contributed by atoms with van der Waals surface area (Å²) in [6.45, 7) is 12.4. The van der Waals surface area contributed by atoms with Gasteiger partial charge in [0.05, 0.1) is 17.7 Å². The first-order chi connectivity index (χ1) is 22.5. The van der Waals surface area contributed by atoms with Gasteiger partial charge in [-0.05, 0) is 119 Å². The smallest absolute Gasteiger partial charge is 0.305 e. The molecule has 1 aliphatic heterocycles. The van der Waals surface area contributed by atoms with Crippen molar-refractivity contribution in [1.82, 2.24) is 10.6 Å². The summed E-state index contributed by atoms with van der Waals surface area (Å²) in [5.41, 5.74) is 0.689. The number of allylic oxidation sites excluding steroid dienone is 2. The molecule has 5 rings (SSSR count). The second kappa shape index (κ2) is 13.8. The molecule has 0 aromatic heterocycles. The number of rotatable bonds is 10. The maximum atomic E-state index is 13.4. The van der Waals surface area contributed by atoms with Gasteiger partial charge in [0, 0.05) is 18.1 Å². The molecule has 3 saturated carbocycles. The highest BCUT2D eigenvalue weighted by Gasteiger charge is 2.63. The van der Waals surface area contributed by atoms with Crippen molar-refractivity contribution in [2.75, 3.05) is 13.2 Å². The lowest BCUT2D eigenvalue weighted by Crippen LogP contribution is -2.55. The Morgan fingerprint density at radius 1 is 1.06 bits per heavy atom. The monoisotopic (exact) mass is 667 g/mol. The largest absolute Gasteiger partial charge is 0.481 e. The second-order valence-electron chi connectivity index (χ2n) is 16.7. The highest BCUT2D eigenvalue weighted by atomic mass is 16.6. The molecule has 0 aromatic rings. The number of carbonyl (C=O) groups excluding carboxylic acids is 2. The molecule has 48 heavy (non-hydrogen) atoms. The molecule has 0 aromatic carbocycles. The Kier molecular flexibility index (Phi) is 10.4. The number of terminal acetylenes is 1. The van der Waals surface area contributed by atoms with Gasteiger partial charge in [-0.1, -0.05) is 44.3 Å². The lowest BCUT2D eigenvalue weighted by Gasteiger charge is -2.58. The molecule has 4 N–H and O–H groups in total. The lowest BCUT2D eigenvalue weighted by molar-refractivity contribution is -0.140. The predicted molar refractivity (Wildman–Crippen MR) is 183 cm³/mol. The van der Waals surface area contributed by atoms with Crippen LogP contribution in [0.3, 0.4) is 0 Å². The summed E-state index contributed by atoms with van der Waals surface area (Å²) in [5, 5.41) is 30.9. The maximum Gasteiger partial charge on any atom is 0.305 e. The fourth-order valence-corrected chi connectivity index (χ4v) is 10.2. The first-order valence-electron chi connectivity index (χ1n) is 18.1. The number of nitrogens with zero attached hydrogens (tertiary/aromatic N) is 1. The predicted octanol–water partition coefficient (Wildman–Crippen LogP) is 4.99. The average molecular weight is 668 g/mol. The SMILES string of the molecule is C#C[C@@]1(O)CC[C@@H]2[C@@H]3CCC4=C/C(=N\OCC(=O)N[C@@H](C(=O)N[C@@H](CC(=O)O)[C@@H]5CCOC(C)(C)C5)C(C)C)CC[C@]4(C)[C@@H]3CC[C@@]21C. The zero-order valence-corrected chi connectivity index (χ0v) is 29.8. The molecule has 9 atom stereocenters. The first kappa shape index (κ1) is 36.4.